The summed E-state index contributed by atoms with van der Waals surface area (Å²) < 4.78 is 2.02. The maximum absolute atomic E-state index is 10.4. The number of pyridine rings is 2. The Morgan fingerprint density at radius 3 is 1.21 bits per heavy atom. The van der Waals surface area contributed by atoms with Gasteiger partial charge in [0.25, 0.3) is 0 Å². The number of aromatic nitrogens is 4. The van der Waals surface area contributed by atoms with E-state index < -0.39 is 0 Å². The number of thiazole rings is 2. The number of benzene rings is 5. The number of aliphatic hydroxyl groups is 2. The van der Waals surface area contributed by atoms with Crippen molar-refractivity contribution < 1.29 is 50.4 Å². The van der Waals surface area contributed by atoms with Gasteiger partial charge in [-0.25, -0.2) is 9.97 Å². The standard InChI is InChI=1S/C22H14N4O2S2.2C11H8N.2Ir/c27-19(25-21-23-15-5-1-3-7-17(15)29-21)13-9-11-14(12-10-13)20(28)26-22-24-16-6-2-4-8-18(16)30-22;2*1-2-6-10(7-3-1)11-8-4-5-9-12-11;;/h1-12H,(H,23,25,27)(H,24,26,28);2*1-6,8-9H;;/q;2*-1;;. The van der Waals surface area contributed by atoms with Crippen LogP contribution in [0.2, 0.25) is 0 Å². The van der Waals surface area contributed by atoms with Crippen molar-refractivity contribution >= 4 is 65.2 Å². The summed E-state index contributed by atoms with van der Waals surface area (Å²) in [4.78, 5) is 25.6. The third-order valence-electron chi connectivity index (χ3n) is 7.67. The SMILES string of the molecule is O/C(=N\c1nc2ccccc2s1)c1ccc(/C(O)=N/c2nc3ccccc3s2)cc1.[Ir].[Ir].[c-]1ccccc1-c1ccccn1.[c-]1ccccc1-c1ccccn1. The molecule has 4 aromatic heterocycles. The van der Waals surface area contributed by atoms with E-state index in [9.17, 15) is 10.2 Å². The first-order chi connectivity index (χ1) is 26.6. The molecule has 0 atom stereocenters. The number of para-hydroxylation sites is 2. The molecule has 0 aliphatic carbocycles. The van der Waals surface area contributed by atoms with Gasteiger partial charge in [0, 0.05) is 63.7 Å². The Labute approximate surface area is 358 Å². The molecule has 4 heterocycles. The van der Waals surface area contributed by atoms with Gasteiger partial charge in [0.2, 0.25) is 22.1 Å². The van der Waals surface area contributed by atoms with Crippen LogP contribution < -0.4 is 0 Å². The zero-order valence-corrected chi connectivity index (χ0v) is 35.6. The van der Waals surface area contributed by atoms with E-state index in [1.54, 1.807) is 36.7 Å². The van der Waals surface area contributed by atoms with Gasteiger partial charge in [0.05, 0.1) is 20.4 Å². The van der Waals surface area contributed by atoms with Gasteiger partial charge in [-0.05, 0) is 72.1 Å². The van der Waals surface area contributed by atoms with Crippen LogP contribution in [0.15, 0.2) is 180 Å². The normalized spacial score (nSPS) is 10.9. The fourth-order valence-electron chi connectivity index (χ4n) is 5.04. The summed E-state index contributed by atoms with van der Waals surface area (Å²) >= 11 is 2.82. The summed E-state index contributed by atoms with van der Waals surface area (Å²) in [6.45, 7) is 0. The van der Waals surface area contributed by atoms with Gasteiger partial charge in [0.15, 0.2) is 0 Å². The van der Waals surface area contributed by atoms with Crippen molar-refractivity contribution in [1.82, 2.24) is 19.9 Å². The molecule has 0 fully saturated rings. The number of nitrogens with zero attached hydrogens (tertiary/aromatic N) is 6. The number of fused-ring (bicyclic) bond motifs is 2. The van der Waals surface area contributed by atoms with Gasteiger partial charge in [-0.2, -0.15) is 9.98 Å². The van der Waals surface area contributed by atoms with E-state index in [1.807, 2.05) is 133 Å². The topological polar surface area (TPSA) is 117 Å². The average Bonchev–Trinajstić information content (AvgIpc) is 3.86. The summed E-state index contributed by atoms with van der Waals surface area (Å²) in [5.41, 5.74) is 6.75. The fourth-order valence-corrected chi connectivity index (χ4v) is 6.72. The molecule has 56 heavy (non-hydrogen) atoms. The van der Waals surface area contributed by atoms with Gasteiger partial charge in [-0.1, -0.05) is 71.2 Å². The van der Waals surface area contributed by atoms with Crippen LogP contribution in [0.25, 0.3) is 42.9 Å². The van der Waals surface area contributed by atoms with Crippen molar-refractivity contribution in [1.29, 1.82) is 0 Å². The van der Waals surface area contributed by atoms with Crippen LogP contribution in [-0.2, 0) is 40.2 Å². The number of hydrogen-bond acceptors (Lipinski definition) is 8. The van der Waals surface area contributed by atoms with Crippen LogP contribution in [-0.4, -0.2) is 41.9 Å². The number of hydrogen-bond donors (Lipinski definition) is 2. The predicted octanol–water partition coefficient (Wildman–Crippen LogP) is 11.3. The summed E-state index contributed by atoms with van der Waals surface area (Å²) in [6.07, 6.45) is 3.58. The van der Waals surface area contributed by atoms with Gasteiger partial charge in [-0.15, -0.1) is 71.8 Å². The molecular formula is C44H30Ir2N6O2S2-2. The van der Waals surface area contributed by atoms with E-state index in [-0.39, 0.29) is 52.0 Å². The molecule has 0 bridgehead atoms. The van der Waals surface area contributed by atoms with Crippen molar-refractivity contribution in [3.8, 4) is 22.5 Å². The number of aliphatic hydroxyl groups excluding tert-OH is 2. The molecule has 8 nitrogen and oxygen atoms in total. The second-order valence-corrected chi connectivity index (χ2v) is 13.4. The van der Waals surface area contributed by atoms with E-state index in [4.69, 9.17) is 0 Å². The smallest absolute Gasteiger partial charge is 0.220 e. The maximum atomic E-state index is 10.4. The first-order valence-corrected chi connectivity index (χ1v) is 18.4. The monoisotopic (exact) mass is 1120 g/mol. The van der Waals surface area contributed by atoms with E-state index in [1.165, 1.54) is 22.7 Å². The van der Waals surface area contributed by atoms with Crippen LogP contribution >= 0.6 is 22.7 Å². The first-order valence-electron chi connectivity index (χ1n) is 16.7. The second-order valence-electron chi connectivity index (χ2n) is 11.4. The molecule has 280 valence electrons. The van der Waals surface area contributed by atoms with Crippen LogP contribution in [0.5, 0.6) is 0 Å². The Hall–Kier alpha value is -5.58. The molecular weight excluding hydrogens is 1090 g/mol. The second kappa shape index (κ2) is 20.9. The van der Waals surface area contributed by atoms with Gasteiger partial charge in [-0.3, -0.25) is 0 Å². The maximum Gasteiger partial charge on any atom is 0.220 e. The summed E-state index contributed by atoms with van der Waals surface area (Å²) in [5.74, 6) is -0.272. The minimum Gasteiger partial charge on any atom is -0.493 e. The molecule has 0 spiro atoms. The van der Waals surface area contributed by atoms with E-state index >= 15 is 0 Å². The molecule has 0 aliphatic heterocycles. The largest absolute Gasteiger partial charge is 0.493 e. The average molecular weight is 1120 g/mol. The number of rotatable bonds is 6. The molecule has 0 aliphatic rings. The van der Waals surface area contributed by atoms with E-state index in [0.717, 1.165) is 42.9 Å². The van der Waals surface area contributed by atoms with Crippen molar-refractivity contribution in [3.05, 3.63) is 193 Å². The third kappa shape index (κ3) is 11.2. The minimum absolute atomic E-state index is 0. The fraction of sp³-hybridized carbons (Fsp3) is 0. The first kappa shape index (κ1) is 41.6. The molecule has 9 aromatic rings. The van der Waals surface area contributed by atoms with Crippen molar-refractivity contribution in [2.45, 2.75) is 0 Å². The molecule has 5 aromatic carbocycles. The Morgan fingerprint density at radius 2 is 0.857 bits per heavy atom. The quantitative estimate of drug-likeness (QED) is 0.0973. The molecule has 2 N–H and O–H groups in total. The summed E-state index contributed by atoms with van der Waals surface area (Å²) in [6, 6.07) is 55.8. The van der Waals surface area contributed by atoms with Gasteiger partial charge in [0.1, 0.15) is 0 Å². The van der Waals surface area contributed by atoms with Crippen LogP contribution in [0.3, 0.4) is 0 Å². The van der Waals surface area contributed by atoms with Crippen LogP contribution in [0, 0.1) is 12.1 Å². The minimum atomic E-state index is -0.136. The zero-order valence-electron chi connectivity index (χ0n) is 29.2. The van der Waals surface area contributed by atoms with Crippen molar-refractivity contribution in [3.63, 3.8) is 0 Å². The van der Waals surface area contributed by atoms with Crippen LogP contribution in [0.1, 0.15) is 11.1 Å². The molecule has 0 saturated carbocycles. The molecule has 9 rings (SSSR count). The Kier molecular flexibility index (Phi) is 15.5. The van der Waals surface area contributed by atoms with E-state index in [2.05, 4.69) is 42.1 Å². The molecule has 0 amide bonds. The summed E-state index contributed by atoms with van der Waals surface area (Å²) in [5, 5.41) is 21.7. The van der Waals surface area contributed by atoms with Gasteiger partial charge >= 0.3 is 0 Å². The van der Waals surface area contributed by atoms with Gasteiger partial charge < -0.3 is 20.2 Å². The predicted molar refractivity (Wildman–Crippen MR) is 220 cm³/mol. The zero-order chi connectivity index (χ0) is 37.0. The Balaban J connectivity index is 0.000000190. The molecule has 0 unspecified atom stereocenters. The van der Waals surface area contributed by atoms with Crippen LogP contribution in [0.4, 0.5) is 10.3 Å². The van der Waals surface area contributed by atoms with E-state index in [0.29, 0.717) is 21.4 Å². The Morgan fingerprint density at radius 1 is 0.464 bits per heavy atom. The molecule has 2 radical (unpaired) electrons. The molecule has 0 saturated heterocycles. The third-order valence-corrected chi connectivity index (χ3v) is 9.53. The van der Waals surface area contributed by atoms with Crippen molar-refractivity contribution in [2.75, 3.05) is 0 Å². The summed E-state index contributed by atoms with van der Waals surface area (Å²) in [7, 11) is 0. The Bertz CT molecular complexity index is 2300. The molecule has 12 heteroatoms. The van der Waals surface area contributed by atoms with Crippen molar-refractivity contribution in [2.24, 2.45) is 9.98 Å². The number of aliphatic imine (C=N–C) groups is 2.